The summed E-state index contributed by atoms with van der Waals surface area (Å²) >= 11 is 0. The molecule has 1 N–H and O–H groups in total. The molecule has 2 aromatic carbocycles. The van der Waals surface area contributed by atoms with Gasteiger partial charge in [0.1, 0.15) is 11.5 Å². The van der Waals surface area contributed by atoms with Crippen molar-refractivity contribution in [2.75, 3.05) is 26.3 Å². The van der Waals surface area contributed by atoms with E-state index in [-0.39, 0.29) is 24.0 Å². The molecule has 31 heavy (non-hydrogen) atoms. The van der Waals surface area contributed by atoms with Crippen LogP contribution in [0.25, 0.3) is 0 Å². The Balaban J connectivity index is 1.49. The first-order chi connectivity index (χ1) is 15.0. The van der Waals surface area contributed by atoms with Gasteiger partial charge in [0.15, 0.2) is 6.61 Å². The maximum Gasteiger partial charge on any atom is 0.258 e. The highest BCUT2D eigenvalue weighted by Crippen LogP contribution is 2.21. The summed E-state index contributed by atoms with van der Waals surface area (Å²) in [6, 6.07) is 13.9. The lowest BCUT2D eigenvalue weighted by molar-refractivity contribution is -0.123. The van der Waals surface area contributed by atoms with Crippen molar-refractivity contribution in [3.8, 4) is 11.5 Å². The number of hydrogen-bond donors (Lipinski definition) is 1. The maximum atomic E-state index is 12.8. The first kappa shape index (κ1) is 23.1. The Hall–Kier alpha value is -2.58. The highest BCUT2D eigenvalue weighted by molar-refractivity contribution is 7.89. The molecule has 2 aromatic rings. The van der Waals surface area contributed by atoms with Gasteiger partial charge in [0.05, 0.1) is 11.5 Å². The number of nitrogens with zero attached hydrogens (tertiary/aromatic N) is 1. The van der Waals surface area contributed by atoms with E-state index in [1.54, 1.807) is 52.8 Å². The third kappa shape index (κ3) is 6.70. The SMILES string of the molecule is CCCOc1ccc(OCC(=O)NCc2cccc(S(=O)(=O)N3CCCCC3)c2)cc1. The number of benzene rings is 2. The minimum absolute atomic E-state index is 0.124. The van der Waals surface area contributed by atoms with Crippen LogP contribution in [0.2, 0.25) is 0 Å². The van der Waals surface area contributed by atoms with Gasteiger partial charge in [-0.1, -0.05) is 25.5 Å². The smallest absolute Gasteiger partial charge is 0.258 e. The van der Waals surface area contributed by atoms with E-state index in [9.17, 15) is 13.2 Å². The lowest BCUT2D eigenvalue weighted by atomic mass is 10.2. The van der Waals surface area contributed by atoms with Crippen molar-refractivity contribution in [1.82, 2.24) is 9.62 Å². The first-order valence-electron chi connectivity index (χ1n) is 10.7. The van der Waals surface area contributed by atoms with E-state index >= 15 is 0 Å². The predicted molar refractivity (Wildman–Crippen MR) is 119 cm³/mol. The summed E-state index contributed by atoms with van der Waals surface area (Å²) in [5.74, 6) is 1.06. The number of piperidine rings is 1. The van der Waals surface area contributed by atoms with Gasteiger partial charge < -0.3 is 14.8 Å². The fourth-order valence-electron chi connectivity index (χ4n) is 3.32. The monoisotopic (exact) mass is 446 g/mol. The second-order valence-electron chi connectivity index (χ2n) is 7.50. The molecule has 1 amide bonds. The van der Waals surface area contributed by atoms with E-state index in [1.807, 2.05) is 6.92 Å². The maximum absolute atomic E-state index is 12.8. The van der Waals surface area contributed by atoms with Crippen LogP contribution in [-0.4, -0.2) is 44.9 Å². The van der Waals surface area contributed by atoms with E-state index in [0.29, 0.717) is 25.4 Å². The standard InChI is InChI=1S/C23H30N2O5S/c1-2-15-29-20-9-11-21(12-10-20)30-18-23(26)24-17-19-7-6-8-22(16-19)31(27,28)25-13-4-3-5-14-25/h6-12,16H,2-5,13-15,17-18H2,1H3,(H,24,26). The van der Waals surface area contributed by atoms with Crippen molar-refractivity contribution in [3.63, 3.8) is 0 Å². The molecule has 168 valence electrons. The summed E-state index contributed by atoms with van der Waals surface area (Å²) in [7, 11) is -3.49. The van der Waals surface area contributed by atoms with Crippen molar-refractivity contribution in [2.45, 2.75) is 44.0 Å². The van der Waals surface area contributed by atoms with E-state index in [2.05, 4.69) is 5.32 Å². The van der Waals surface area contributed by atoms with Crippen LogP contribution in [0.4, 0.5) is 0 Å². The first-order valence-corrected chi connectivity index (χ1v) is 12.1. The number of rotatable bonds is 10. The Morgan fingerprint density at radius 1 is 1.00 bits per heavy atom. The topological polar surface area (TPSA) is 84.9 Å². The number of carbonyl (C=O) groups is 1. The Bertz CT molecular complexity index is 954. The zero-order chi connectivity index (χ0) is 22.1. The second kappa shape index (κ2) is 11.2. The van der Waals surface area contributed by atoms with E-state index < -0.39 is 10.0 Å². The van der Waals surface area contributed by atoms with Crippen LogP contribution >= 0.6 is 0 Å². The molecule has 0 aromatic heterocycles. The Kier molecular flexibility index (Phi) is 8.31. The molecule has 0 aliphatic carbocycles. The van der Waals surface area contributed by atoms with Crippen molar-refractivity contribution in [1.29, 1.82) is 0 Å². The normalized spacial score (nSPS) is 14.7. The van der Waals surface area contributed by atoms with E-state index in [0.717, 1.165) is 37.0 Å². The highest BCUT2D eigenvalue weighted by atomic mass is 32.2. The minimum atomic E-state index is -3.49. The third-order valence-electron chi connectivity index (χ3n) is 5.01. The van der Waals surface area contributed by atoms with Gasteiger partial charge in [-0.25, -0.2) is 8.42 Å². The summed E-state index contributed by atoms with van der Waals surface area (Å²) in [5.41, 5.74) is 0.726. The lowest BCUT2D eigenvalue weighted by Crippen LogP contribution is -2.35. The van der Waals surface area contributed by atoms with Crippen LogP contribution < -0.4 is 14.8 Å². The Labute approximate surface area is 184 Å². The van der Waals surface area contributed by atoms with Crippen molar-refractivity contribution in [2.24, 2.45) is 0 Å². The zero-order valence-corrected chi connectivity index (χ0v) is 18.7. The van der Waals surface area contributed by atoms with Gasteiger partial charge in [-0.2, -0.15) is 4.31 Å². The quantitative estimate of drug-likeness (QED) is 0.605. The molecule has 1 saturated heterocycles. The summed E-state index contributed by atoms with van der Waals surface area (Å²) in [5, 5.41) is 2.77. The molecule has 0 radical (unpaired) electrons. The van der Waals surface area contributed by atoms with Crippen LogP contribution in [0.3, 0.4) is 0 Å². The van der Waals surface area contributed by atoms with Gasteiger partial charge in [-0.05, 0) is 61.2 Å². The second-order valence-corrected chi connectivity index (χ2v) is 9.44. The minimum Gasteiger partial charge on any atom is -0.494 e. The molecule has 1 aliphatic rings. The molecule has 0 spiro atoms. The average molecular weight is 447 g/mol. The van der Waals surface area contributed by atoms with Gasteiger partial charge in [0.25, 0.3) is 5.91 Å². The number of sulfonamides is 1. The molecule has 0 atom stereocenters. The molecule has 1 fully saturated rings. The number of nitrogens with one attached hydrogen (secondary N) is 1. The molecule has 3 rings (SSSR count). The fourth-order valence-corrected chi connectivity index (χ4v) is 4.91. The van der Waals surface area contributed by atoms with Crippen LogP contribution in [0.15, 0.2) is 53.4 Å². The summed E-state index contributed by atoms with van der Waals surface area (Å²) in [6.45, 7) is 3.93. The van der Waals surface area contributed by atoms with E-state index in [4.69, 9.17) is 9.47 Å². The van der Waals surface area contributed by atoms with Crippen LogP contribution in [0.1, 0.15) is 38.2 Å². The molecule has 0 saturated carbocycles. The van der Waals surface area contributed by atoms with Crippen LogP contribution in [-0.2, 0) is 21.4 Å². The Morgan fingerprint density at radius 3 is 2.35 bits per heavy atom. The van der Waals surface area contributed by atoms with Gasteiger partial charge in [0.2, 0.25) is 10.0 Å². The molecule has 7 nitrogen and oxygen atoms in total. The summed E-state index contributed by atoms with van der Waals surface area (Å²) in [6.07, 6.45) is 3.79. The molecule has 1 aliphatic heterocycles. The van der Waals surface area contributed by atoms with Gasteiger partial charge in [0, 0.05) is 19.6 Å². The van der Waals surface area contributed by atoms with Crippen molar-refractivity contribution in [3.05, 3.63) is 54.1 Å². The van der Waals surface area contributed by atoms with Crippen LogP contribution in [0.5, 0.6) is 11.5 Å². The fraction of sp³-hybridized carbons (Fsp3) is 0.435. The lowest BCUT2D eigenvalue weighted by Gasteiger charge is -2.26. The van der Waals surface area contributed by atoms with Gasteiger partial charge in [-0.15, -0.1) is 0 Å². The predicted octanol–water partition coefficient (Wildman–Crippen LogP) is 3.35. The summed E-state index contributed by atoms with van der Waals surface area (Å²) < 4.78 is 38.2. The molecular weight excluding hydrogens is 416 g/mol. The van der Waals surface area contributed by atoms with Crippen molar-refractivity contribution >= 4 is 15.9 Å². The molecule has 8 heteroatoms. The Morgan fingerprint density at radius 2 is 1.68 bits per heavy atom. The third-order valence-corrected chi connectivity index (χ3v) is 6.90. The van der Waals surface area contributed by atoms with Crippen molar-refractivity contribution < 1.29 is 22.7 Å². The largest absolute Gasteiger partial charge is 0.494 e. The molecule has 0 bridgehead atoms. The number of ether oxygens (including phenoxy) is 2. The summed E-state index contributed by atoms with van der Waals surface area (Å²) in [4.78, 5) is 12.4. The number of carbonyl (C=O) groups excluding carboxylic acids is 1. The van der Waals surface area contributed by atoms with Gasteiger partial charge >= 0.3 is 0 Å². The molecule has 0 unspecified atom stereocenters. The van der Waals surface area contributed by atoms with Crippen LogP contribution in [0, 0.1) is 0 Å². The zero-order valence-electron chi connectivity index (χ0n) is 17.9. The van der Waals surface area contributed by atoms with Gasteiger partial charge in [-0.3, -0.25) is 4.79 Å². The average Bonchev–Trinajstić information content (AvgIpc) is 2.81. The number of hydrogen-bond acceptors (Lipinski definition) is 5. The molecular formula is C23H30N2O5S. The number of amides is 1. The molecule has 1 heterocycles. The van der Waals surface area contributed by atoms with E-state index in [1.165, 1.54) is 0 Å². The highest BCUT2D eigenvalue weighted by Gasteiger charge is 2.25.